The van der Waals surface area contributed by atoms with Gasteiger partial charge in [-0.3, -0.25) is 19.9 Å². The maximum Gasteiger partial charge on any atom is 0.292 e. The van der Waals surface area contributed by atoms with Crippen molar-refractivity contribution in [3.63, 3.8) is 0 Å². The zero-order chi connectivity index (χ0) is 19.3. The maximum atomic E-state index is 12.8. The third kappa shape index (κ3) is 2.87. The molecule has 1 heterocycles. The largest absolute Gasteiger partial charge is 0.316 e. The van der Waals surface area contributed by atoms with Gasteiger partial charge in [0.25, 0.3) is 11.6 Å². The van der Waals surface area contributed by atoms with Crippen molar-refractivity contribution in [3.8, 4) is 0 Å². The highest BCUT2D eigenvalue weighted by molar-refractivity contribution is 6.05. The molecule has 0 spiro atoms. The minimum atomic E-state index is -0.483. The second-order valence-electron chi connectivity index (χ2n) is 8.86. The van der Waals surface area contributed by atoms with E-state index in [-0.39, 0.29) is 22.7 Å². The van der Waals surface area contributed by atoms with E-state index in [2.05, 4.69) is 10.3 Å². The summed E-state index contributed by atoms with van der Waals surface area (Å²) in [6, 6.07) is 9.81. The Bertz CT molecular complexity index is 920. The number of nitrogens with zero attached hydrogens (tertiary/aromatic N) is 2. The van der Waals surface area contributed by atoms with Crippen molar-refractivity contribution in [1.29, 1.82) is 0 Å². The number of pyridine rings is 1. The van der Waals surface area contributed by atoms with Crippen LogP contribution >= 0.6 is 0 Å². The van der Waals surface area contributed by atoms with Gasteiger partial charge in [-0.2, -0.15) is 0 Å². The average molecular weight is 377 g/mol. The summed E-state index contributed by atoms with van der Waals surface area (Å²) in [5.41, 5.74) is 1.77. The molecule has 6 nitrogen and oxygen atoms in total. The number of amides is 1. The van der Waals surface area contributed by atoms with Crippen LogP contribution in [-0.2, 0) is 5.41 Å². The molecule has 4 saturated carbocycles. The molecule has 28 heavy (non-hydrogen) atoms. The second-order valence-corrected chi connectivity index (χ2v) is 8.86. The first-order valence-electron chi connectivity index (χ1n) is 10.0. The van der Waals surface area contributed by atoms with Crippen LogP contribution in [0.4, 0.5) is 11.4 Å². The van der Waals surface area contributed by atoms with Crippen LogP contribution in [0.5, 0.6) is 0 Å². The molecule has 4 bridgehead atoms. The third-order valence-corrected chi connectivity index (χ3v) is 6.95. The Morgan fingerprint density at radius 2 is 1.71 bits per heavy atom. The predicted octanol–water partition coefficient (Wildman–Crippen LogP) is 4.71. The summed E-state index contributed by atoms with van der Waals surface area (Å²) in [6.07, 6.45) is 9.33. The molecule has 4 aliphatic carbocycles. The fourth-order valence-electron chi connectivity index (χ4n) is 6.22. The van der Waals surface area contributed by atoms with Crippen LogP contribution in [0.15, 0.2) is 42.6 Å². The molecule has 0 unspecified atom stereocenters. The van der Waals surface area contributed by atoms with Gasteiger partial charge in [0.05, 0.1) is 4.92 Å². The van der Waals surface area contributed by atoms with E-state index >= 15 is 0 Å². The second kappa shape index (κ2) is 6.40. The molecule has 2 aromatic rings. The number of nitrogens with one attached hydrogen (secondary N) is 1. The monoisotopic (exact) mass is 377 g/mol. The standard InChI is InChI=1S/C22H23N3O3/c26-21(24-18-3-1-2-4-19(18)25(27)28)17-5-6-23-20(10-17)22-11-14-7-15(12-22)9-16(8-14)13-22/h1-6,10,14-16H,7-9,11-13H2,(H,24,26). The fourth-order valence-corrected chi connectivity index (χ4v) is 6.22. The molecule has 1 N–H and O–H groups in total. The summed E-state index contributed by atoms with van der Waals surface area (Å²) < 4.78 is 0. The molecule has 4 fully saturated rings. The number of hydrogen-bond donors (Lipinski definition) is 1. The summed E-state index contributed by atoms with van der Waals surface area (Å²) in [5.74, 6) is 2.08. The molecule has 6 heteroatoms. The van der Waals surface area contributed by atoms with Crippen molar-refractivity contribution in [2.45, 2.75) is 43.9 Å². The molecule has 144 valence electrons. The lowest BCUT2D eigenvalue weighted by atomic mass is 9.48. The van der Waals surface area contributed by atoms with Crippen LogP contribution in [-0.4, -0.2) is 15.8 Å². The third-order valence-electron chi connectivity index (χ3n) is 6.95. The summed E-state index contributed by atoms with van der Waals surface area (Å²) >= 11 is 0. The minimum Gasteiger partial charge on any atom is -0.316 e. The van der Waals surface area contributed by atoms with Crippen LogP contribution in [0.1, 0.15) is 54.6 Å². The smallest absolute Gasteiger partial charge is 0.292 e. The lowest BCUT2D eigenvalue weighted by Crippen LogP contribution is -2.49. The van der Waals surface area contributed by atoms with Gasteiger partial charge in [0, 0.05) is 28.9 Å². The topological polar surface area (TPSA) is 85.1 Å². The molecule has 0 atom stereocenters. The van der Waals surface area contributed by atoms with E-state index < -0.39 is 4.92 Å². The Morgan fingerprint density at radius 1 is 1.07 bits per heavy atom. The highest BCUT2D eigenvalue weighted by atomic mass is 16.6. The lowest BCUT2D eigenvalue weighted by Gasteiger charge is -2.56. The van der Waals surface area contributed by atoms with Crippen molar-refractivity contribution in [3.05, 3.63) is 64.0 Å². The lowest BCUT2D eigenvalue weighted by molar-refractivity contribution is -0.383. The van der Waals surface area contributed by atoms with Crippen LogP contribution in [0, 0.1) is 27.9 Å². The molecule has 0 aliphatic heterocycles. The summed E-state index contributed by atoms with van der Waals surface area (Å²) in [7, 11) is 0. The number of carbonyl (C=O) groups excluding carboxylic acids is 1. The molecule has 0 radical (unpaired) electrons. The first-order chi connectivity index (χ1) is 13.5. The number of rotatable bonds is 4. The number of nitro groups is 1. The zero-order valence-electron chi connectivity index (χ0n) is 15.6. The molecule has 0 saturated heterocycles. The molecule has 6 rings (SSSR count). The number of aromatic nitrogens is 1. The van der Waals surface area contributed by atoms with Crippen molar-refractivity contribution in [1.82, 2.24) is 4.98 Å². The summed E-state index contributed by atoms with van der Waals surface area (Å²) in [4.78, 5) is 28.2. The zero-order valence-corrected chi connectivity index (χ0v) is 15.6. The molecule has 1 aromatic heterocycles. The van der Waals surface area contributed by atoms with Crippen LogP contribution in [0.2, 0.25) is 0 Å². The Balaban J connectivity index is 1.42. The Kier molecular flexibility index (Phi) is 3.96. The highest BCUT2D eigenvalue weighted by Gasteiger charge is 2.52. The van der Waals surface area contributed by atoms with Crippen molar-refractivity contribution in [2.75, 3.05) is 5.32 Å². The quantitative estimate of drug-likeness (QED) is 0.618. The number of nitro benzene ring substituents is 1. The molecule has 1 aromatic carbocycles. The Hall–Kier alpha value is -2.76. The number of benzene rings is 1. The number of anilines is 1. The minimum absolute atomic E-state index is 0.105. The van der Waals surface area contributed by atoms with E-state index in [4.69, 9.17) is 0 Å². The number of carbonyl (C=O) groups is 1. The van der Waals surface area contributed by atoms with Gasteiger partial charge in [-0.25, -0.2) is 0 Å². The van der Waals surface area contributed by atoms with E-state index in [0.717, 1.165) is 23.4 Å². The average Bonchev–Trinajstić information content (AvgIpc) is 2.67. The van der Waals surface area contributed by atoms with Gasteiger partial charge >= 0.3 is 0 Å². The van der Waals surface area contributed by atoms with E-state index in [1.807, 2.05) is 6.07 Å². The molecular weight excluding hydrogens is 354 g/mol. The van der Waals surface area contributed by atoms with Gasteiger partial charge in [0.2, 0.25) is 0 Å². The Morgan fingerprint density at radius 3 is 2.36 bits per heavy atom. The van der Waals surface area contributed by atoms with Crippen molar-refractivity contribution in [2.24, 2.45) is 17.8 Å². The van der Waals surface area contributed by atoms with Gasteiger partial charge in [-0.1, -0.05) is 12.1 Å². The SMILES string of the molecule is O=C(Nc1ccccc1[N+](=O)[O-])c1ccnc(C23CC4CC(CC(C4)C2)C3)c1. The Labute approximate surface area is 163 Å². The first-order valence-corrected chi connectivity index (χ1v) is 10.0. The predicted molar refractivity (Wildman–Crippen MR) is 105 cm³/mol. The maximum absolute atomic E-state index is 12.8. The summed E-state index contributed by atoms with van der Waals surface area (Å²) in [5, 5.41) is 13.9. The van der Waals surface area contributed by atoms with Crippen LogP contribution < -0.4 is 5.32 Å². The van der Waals surface area contributed by atoms with Gasteiger partial charge in [-0.05, 0) is 74.5 Å². The first kappa shape index (κ1) is 17.3. The van der Waals surface area contributed by atoms with E-state index in [1.54, 1.807) is 30.5 Å². The fraction of sp³-hybridized carbons (Fsp3) is 0.455. The van der Waals surface area contributed by atoms with E-state index in [1.165, 1.54) is 44.6 Å². The molecule has 1 amide bonds. The van der Waals surface area contributed by atoms with Crippen LogP contribution in [0.25, 0.3) is 0 Å². The van der Waals surface area contributed by atoms with Crippen LogP contribution in [0.3, 0.4) is 0 Å². The number of hydrogen-bond acceptors (Lipinski definition) is 4. The highest BCUT2D eigenvalue weighted by Crippen LogP contribution is 2.60. The van der Waals surface area contributed by atoms with Crippen molar-refractivity contribution < 1.29 is 9.72 Å². The van der Waals surface area contributed by atoms with Crippen molar-refractivity contribution >= 4 is 17.3 Å². The van der Waals surface area contributed by atoms with Gasteiger partial charge in [-0.15, -0.1) is 0 Å². The van der Waals surface area contributed by atoms with E-state index in [9.17, 15) is 14.9 Å². The van der Waals surface area contributed by atoms with Gasteiger partial charge in [0.15, 0.2) is 0 Å². The molecule has 4 aliphatic rings. The van der Waals surface area contributed by atoms with E-state index in [0.29, 0.717) is 5.56 Å². The normalized spacial score (nSPS) is 30.2. The van der Waals surface area contributed by atoms with Gasteiger partial charge in [0.1, 0.15) is 5.69 Å². The number of para-hydroxylation sites is 2. The van der Waals surface area contributed by atoms with Gasteiger partial charge < -0.3 is 5.32 Å². The molecular formula is C22H23N3O3. The summed E-state index contributed by atoms with van der Waals surface area (Å²) in [6.45, 7) is 0.